The lowest BCUT2D eigenvalue weighted by Gasteiger charge is -2.28. The van der Waals surface area contributed by atoms with Crippen molar-refractivity contribution in [2.24, 2.45) is 4.99 Å². The molecule has 0 N–H and O–H groups in total. The third-order valence-corrected chi connectivity index (χ3v) is 5.53. The molecule has 0 saturated carbocycles. The molecule has 0 aromatic heterocycles. The highest BCUT2D eigenvalue weighted by atomic mass is 79.9. The Morgan fingerprint density at radius 1 is 1.18 bits per heavy atom. The summed E-state index contributed by atoms with van der Waals surface area (Å²) in [6.07, 6.45) is 1.06. The van der Waals surface area contributed by atoms with E-state index in [-0.39, 0.29) is 29.3 Å². The first-order valence-electron chi connectivity index (χ1n) is 8.89. The lowest BCUT2D eigenvalue weighted by Crippen LogP contribution is -2.36. The lowest BCUT2D eigenvalue weighted by molar-refractivity contribution is 0.0999. The van der Waals surface area contributed by atoms with E-state index >= 15 is 0 Å². The van der Waals surface area contributed by atoms with Gasteiger partial charge in [-0.05, 0) is 43.2 Å². The van der Waals surface area contributed by atoms with Crippen molar-refractivity contribution in [3.63, 3.8) is 0 Å². The number of aliphatic imine (C=N–C) groups is 1. The Balaban J connectivity index is 0.00000280. The van der Waals surface area contributed by atoms with Gasteiger partial charge in [-0.1, -0.05) is 30.0 Å². The minimum absolute atomic E-state index is 0. The van der Waals surface area contributed by atoms with Crippen molar-refractivity contribution >= 4 is 45.4 Å². The molecule has 150 valence electrons. The summed E-state index contributed by atoms with van der Waals surface area (Å²) in [6.45, 7) is 3.04. The predicted octanol–water partition coefficient (Wildman–Crippen LogP) is 4.77. The van der Waals surface area contributed by atoms with Crippen LogP contribution in [0.2, 0.25) is 0 Å². The lowest BCUT2D eigenvalue weighted by atomic mass is 10.1. The third-order valence-electron chi connectivity index (χ3n) is 4.43. The van der Waals surface area contributed by atoms with Crippen molar-refractivity contribution < 1.29 is 14.3 Å². The van der Waals surface area contributed by atoms with Gasteiger partial charge in [0.1, 0.15) is 11.5 Å². The van der Waals surface area contributed by atoms with Crippen LogP contribution in [-0.2, 0) is 0 Å². The fourth-order valence-electron chi connectivity index (χ4n) is 2.99. The number of hydrogen-bond donors (Lipinski definition) is 0. The normalized spacial score (nSPS) is 13.2. The van der Waals surface area contributed by atoms with E-state index in [0.29, 0.717) is 17.1 Å². The van der Waals surface area contributed by atoms with Crippen LogP contribution < -0.4 is 14.4 Å². The number of para-hydroxylation sites is 1. The van der Waals surface area contributed by atoms with Crippen molar-refractivity contribution in [1.29, 1.82) is 0 Å². The standard InChI is InChI=1S/C21H24N2O3S.BrH/c1-15-7-4-5-8-18(15)23(21-22-11-6-12-27-21)14-19(24)17-13-16(25-2)9-10-20(17)26-3;/h4-5,7-10,13H,6,11-12,14H2,1-3H3;1H. The van der Waals surface area contributed by atoms with Gasteiger partial charge in [0.2, 0.25) is 0 Å². The second-order valence-electron chi connectivity index (χ2n) is 6.23. The molecule has 0 saturated heterocycles. The molecule has 1 aliphatic heterocycles. The number of carbonyl (C=O) groups is 1. The average molecular weight is 465 g/mol. The quantitative estimate of drug-likeness (QED) is 0.576. The van der Waals surface area contributed by atoms with E-state index in [0.717, 1.165) is 35.1 Å². The minimum Gasteiger partial charge on any atom is -0.497 e. The van der Waals surface area contributed by atoms with Crippen LogP contribution in [0, 0.1) is 6.92 Å². The molecule has 0 radical (unpaired) electrons. The zero-order valence-electron chi connectivity index (χ0n) is 16.3. The number of methoxy groups -OCH3 is 2. The van der Waals surface area contributed by atoms with Crippen LogP contribution in [0.25, 0.3) is 0 Å². The Morgan fingerprint density at radius 3 is 2.61 bits per heavy atom. The molecular weight excluding hydrogens is 440 g/mol. The molecule has 0 atom stereocenters. The van der Waals surface area contributed by atoms with Crippen LogP contribution in [-0.4, -0.2) is 44.0 Å². The molecular formula is C21H25BrN2O3S. The van der Waals surface area contributed by atoms with E-state index in [9.17, 15) is 4.79 Å². The molecule has 0 amide bonds. The number of hydrogen-bond acceptors (Lipinski definition) is 6. The molecule has 28 heavy (non-hydrogen) atoms. The van der Waals surface area contributed by atoms with Gasteiger partial charge in [0.15, 0.2) is 11.0 Å². The Kier molecular flexibility index (Phi) is 8.38. The van der Waals surface area contributed by atoms with Crippen molar-refractivity contribution in [3.05, 3.63) is 53.6 Å². The highest BCUT2D eigenvalue weighted by Crippen LogP contribution is 2.29. The number of benzene rings is 2. The predicted molar refractivity (Wildman–Crippen MR) is 122 cm³/mol. The number of rotatable bonds is 6. The SMILES string of the molecule is Br.COc1ccc(OC)c(C(=O)CN(C2=NCCCS2)c2ccccc2C)c1. The van der Waals surface area contributed by atoms with Crippen LogP contribution >= 0.6 is 28.7 Å². The maximum absolute atomic E-state index is 13.2. The van der Waals surface area contributed by atoms with Gasteiger partial charge in [-0.15, -0.1) is 17.0 Å². The molecule has 2 aromatic carbocycles. The van der Waals surface area contributed by atoms with Crippen LogP contribution in [0.15, 0.2) is 47.5 Å². The Hall–Kier alpha value is -1.99. The fraction of sp³-hybridized carbons (Fsp3) is 0.333. The number of ether oxygens (including phenoxy) is 2. The van der Waals surface area contributed by atoms with Gasteiger partial charge in [0.05, 0.1) is 26.3 Å². The Morgan fingerprint density at radius 2 is 1.96 bits per heavy atom. The third kappa shape index (κ3) is 5.08. The van der Waals surface area contributed by atoms with Gasteiger partial charge < -0.3 is 14.4 Å². The van der Waals surface area contributed by atoms with Crippen molar-refractivity contribution in [3.8, 4) is 11.5 Å². The van der Waals surface area contributed by atoms with Crippen molar-refractivity contribution in [2.45, 2.75) is 13.3 Å². The van der Waals surface area contributed by atoms with E-state index in [1.54, 1.807) is 44.2 Å². The molecule has 0 spiro atoms. The molecule has 0 bridgehead atoms. The van der Waals surface area contributed by atoms with Gasteiger partial charge in [-0.3, -0.25) is 9.79 Å². The second kappa shape index (κ2) is 10.5. The number of thioether (sulfide) groups is 1. The molecule has 0 fully saturated rings. The molecule has 0 unspecified atom stereocenters. The van der Waals surface area contributed by atoms with Gasteiger partial charge in [-0.25, -0.2) is 0 Å². The average Bonchev–Trinajstić information content (AvgIpc) is 2.72. The molecule has 0 aliphatic carbocycles. The molecule has 3 rings (SSSR count). The summed E-state index contributed by atoms with van der Waals surface area (Å²) in [5.41, 5.74) is 2.62. The summed E-state index contributed by atoms with van der Waals surface area (Å²) < 4.78 is 10.7. The summed E-state index contributed by atoms with van der Waals surface area (Å²) in [5, 5.41) is 0.894. The van der Waals surface area contributed by atoms with Crippen molar-refractivity contribution in [2.75, 3.05) is 38.0 Å². The maximum atomic E-state index is 13.2. The summed E-state index contributed by atoms with van der Waals surface area (Å²) in [7, 11) is 3.15. The van der Waals surface area contributed by atoms with E-state index in [1.165, 1.54) is 0 Å². The maximum Gasteiger partial charge on any atom is 0.186 e. The number of Topliss-reactive ketones (excluding diaryl/α,β-unsaturated/α-hetero) is 1. The summed E-state index contributed by atoms with van der Waals surface area (Å²) in [4.78, 5) is 19.9. The first-order chi connectivity index (χ1) is 13.1. The van der Waals surface area contributed by atoms with Crippen LogP contribution in [0.4, 0.5) is 5.69 Å². The monoisotopic (exact) mass is 464 g/mol. The van der Waals surface area contributed by atoms with E-state index in [2.05, 4.69) is 4.99 Å². The van der Waals surface area contributed by atoms with Crippen molar-refractivity contribution in [1.82, 2.24) is 0 Å². The highest BCUT2D eigenvalue weighted by molar-refractivity contribution is 8.93. The van der Waals surface area contributed by atoms with Gasteiger partial charge in [0.25, 0.3) is 0 Å². The Labute approximate surface area is 180 Å². The van der Waals surface area contributed by atoms with Crippen LogP contribution in [0.1, 0.15) is 22.3 Å². The van der Waals surface area contributed by atoms with Gasteiger partial charge >= 0.3 is 0 Å². The molecule has 1 aliphatic rings. The number of carbonyl (C=O) groups excluding carboxylic acids is 1. The number of ketones is 1. The van der Waals surface area contributed by atoms with E-state index < -0.39 is 0 Å². The van der Waals surface area contributed by atoms with E-state index in [1.807, 2.05) is 36.1 Å². The zero-order valence-corrected chi connectivity index (χ0v) is 18.8. The first kappa shape index (κ1) is 22.3. The largest absolute Gasteiger partial charge is 0.497 e. The molecule has 2 aromatic rings. The number of anilines is 1. The minimum atomic E-state index is -0.0390. The zero-order chi connectivity index (χ0) is 19.2. The topological polar surface area (TPSA) is 51.1 Å². The molecule has 1 heterocycles. The first-order valence-corrected chi connectivity index (χ1v) is 9.88. The van der Waals surface area contributed by atoms with Gasteiger partial charge in [-0.2, -0.15) is 0 Å². The Bertz CT molecular complexity index is 857. The number of halogens is 1. The summed E-state index contributed by atoms with van der Waals surface area (Å²) >= 11 is 1.70. The number of amidine groups is 1. The van der Waals surface area contributed by atoms with E-state index in [4.69, 9.17) is 9.47 Å². The van der Waals surface area contributed by atoms with Gasteiger partial charge in [0, 0.05) is 18.0 Å². The number of aryl methyl sites for hydroxylation is 1. The molecule has 7 heteroatoms. The second-order valence-corrected chi connectivity index (χ2v) is 7.29. The van der Waals surface area contributed by atoms with Crippen LogP contribution in [0.3, 0.4) is 0 Å². The number of nitrogens with zero attached hydrogens (tertiary/aromatic N) is 2. The fourth-order valence-corrected chi connectivity index (χ4v) is 3.95. The smallest absolute Gasteiger partial charge is 0.186 e. The summed E-state index contributed by atoms with van der Waals surface area (Å²) in [6, 6.07) is 13.3. The highest BCUT2D eigenvalue weighted by Gasteiger charge is 2.23. The molecule has 5 nitrogen and oxygen atoms in total. The van der Waals surface area contributed by atoms with Crippen LogP contribution in [0.5, 0.6) is 11.5 Å². The summed E-state index contributed by atoms with van der Waals surface area (Å²) in [5.74, 6) is 2.15.